The number of methoxy groups -OCH3 is 1. The lowest BCUT2D eigenvalue weighted by molar-refractivity contribution is 0.0330. The molecule has 0 atom stereocenters. The van der Waals surface area contributed by atoms with Gasteiger partial charge in [0, 0.05) is 29.6 Å². The van der Waals surface area contributed by atoms with Crippen LogP contribution in [-0.2, 0) is 17.0 Å². The zero-order chi connectivity index (χ0) is 21.8. The minimum atomic E-state index is 0.746. The first-order chi connectivity index (χ1) is 15.8. The Hall–Kier alpha value is -2.52. The highest BCUT2D eigenvalue weighted by atomic mass is 32.2. The van der Waals surface area contributed by atoms with Crippen molar-refractivity contribution in [3.05, 3.63) is 65.4 Å². The van der Waals surface area contributed by atoms with Crippen molar-refractivity contribution < 1.29 is 9.47 Å². The number of benzene rings is 2. The first-order valence-corrected chi connectivity index (χ1v) is 12.4. The molecule has 1 saturated heterocycles. The molecule has 0 aliphatic carbocycles. The van der Waals surface area contributed by atoms with Crippen molar-refractivity contribution in [2.45, 2.75) is 17.3 Å². The third kappa shape index (κ3) is 4.78. The molecule has 0 spiro atoms. The van der Waals surface area contributed by atoms with Gasteiger partial charge < -0.3 is 9.47 Å². The number of hydrogen-bond donors (Lipinski definition) is 0. The highest BCUT2D eigenvalue weighted by molar-refractivity contribution is 7.98. The number of para-hydroxylation sites is 2. The summed E-state index contributed by atoms with van der Waals surface area (Å²) in [4.78, 5) is 16.9. The Bertz CT molecular complexity index is 1210. The lowest BCUT2D eigenvalue weighted by Crippen LogP contribution is -2.36. The van der Waals surface area contributed by atoms with Crippen molar-refractivity contribution in [1.29, 1.82) is 0 Å². The van der Waals surface area contributed by atoms with Crippen LogP contribution in [0.4, 0.5) is 0 Å². The van der Waals surface area contributed by atoms with Crippen molar-refractivity contribution in [1.82, 2.24) is 19.9 Å². The van der Waals surface area contributed by atoms with Crippen LogP contribution in [0.1, 0.15) is 11.5 Å². The van der Waals surface area contributed by atoms with Crippen LogP contribution >= 0.6 is 23.1 Å². The Balaban J connectivity index is 1.36. The summed E-state index contributed by atoms with van der Waals surface area (Å²) in [7, 11) is 1.69. The molecule has 3 heterocycles. The maximum atomic E-state index is 5.49. The fourth-order valence-corrected chi connectivity index (χ4v) is 5.58. The molecule has 0 saturated carbocycles. The van der Waals surface area contributed by atoms with Gasteiger partial charge in [-0.1, -0.05) is 42.1 Å². The molecule has 1 fully saturated rings. The van der Waals surface area contributed by atoms with Gasteiger partial charge in [0.05, 0.1) is 43.6 Å². The molecular formula is C24H24N4O2S2. The summed E-state index contributed by atoms with van der Waals surface area (Å²) in [6, 6.07) is 16.2. The molecule has 5 rings (SSSR count). The fraction of sp³-hybridized carbons (Fsp3) is 0.292. The summed E-state index contributed by atoms with van der Waals surface area (Å²) in [5.41, 5.74) is 3.05. The van der Waals surface area contributed by atoms with E-state index in [2.05, 4.69) is 22.4 Å². The molecule has 32 heavy (non-hydrogen) atoms. The molecular weight excluding hydrogens is 440 g/mol. The number of rotatable bonds is 7. The highest BCUT2D eigenvalue weighted by Gasteiger charge is 2.15. The highest BCUT2D eigenvalue weighted by Crippen LogP contribution is 2.34. The van der Waals surface area contributed by atoms with Gasteiger partial charge in [0.2, 0.25) is 0 Å². The topological polar surface area (TPSA) is 60.4 Å². The van der Waals surface area contributed by atoms with E-state index in [1.165, 1.54) is 0 Å². The summed E-state index contributed by atoms with van der Waals surface area (Å²) in [5.74, 6) is 2.46. The first-order valence-electron chi connectivity index (χ1n) is 10.6. The summed E-state index contributed by atoms with van der Waals surface area (Å²) in [6.07, 6.45) is 0. The SMILES string of the molecule is COc1ccccc1-c1nc(CSc2nc(CN3CCOCC3)nc3ccccc23)cs1. The second kappa shape index (κ2) is 9.95. The number of aromatic nitrogens is 3. The average molecular weight is 465 g/mol. The predicted molar refractivity (Wildman–Crippen MR) is 129 cm³/mol. The van der Waals surface area contributed by atoms with Gasteiger partial charge in [-0.3, -0.25) is 4.90 Å². The quantitative estimate of drug-likeness (QED) is 0.285. The molecule has 0 N–H and O–H groups in total. The van der Waals surface area contributed by atoms with Crippen LogP contribution in [0.2, 0.25) is 0 Å². The standard InChI is InChI=1S/C24H24N4O2S2/c1-29-21-9-5-3-7-19(21)24-25-17(16-32-24)15-31-23-18-6-2-4-8-20(18)26-22(27-23)14-28-10-12-30-13-11-28/h2-9,16H,10-15H2,1H3. The molecule has 2 aromatic heterocycles. The zero-order valence-corrected chi connectivity index (χ0v) is 19.5. The Kier molecular flexibility index (Phi) is 6.64. The zero-order valence-electron chi connectivity index (χ0n) is 17.9. The minimum absolute atomic E-state index is 0.746. The van der Waals surface area contributed by atoms with Gasteiger partial charge in [0.15, 0.2) is 0 Å². The van der Waals surface area contributed by atoms with Crippen molar-refractivity contribution in [2.24, 2.45) is 0 Å². The number of nitrogens with zero attached hydrogens (tertiary/aromatic N) is 4. The predicted octanol–water partition coefficient (Wildman–Crippen LogP) is 4.89. The molecule has 2 aromatic carbocycles. The lowest BCUT2D eigenvalue weighted by Gasteiger charge is -2.25. The van der Waals surface area contributed by atoms with Gasteiger partial charge in [0.1, 0.15) is 21.6 Å². The molecule has 6 nitrogen and oxygen atoms in total. The van der Waals surface area contributed by atoms with E-state index in [1.807, 2.05) is 36.4 Å². The van der Waals surface area contributed by atoms with Crippen LogP contribution in [0, 0.1) is 0 Å². The first kappa shape index (κ1) is 21.3. The fourth-order valence-electron chi connectivity index (χ4n) is 3.69. The summed E-state index contributed by atoms with van der Waals surface area (Å²) >= 11 is 3.36. The van der Waals surface area contributed by atoms with Gasteiger partial charge in [-0.2, -0.15) is 0 Å². The number of thioether (sulfide) groups is 1. The molecule has 0 bridgehead atoms. The Morgan fingerprint density at radius 1 is 1.03 bits per heavy atom. The maximum Gasteiger partial charge on any atom is 0.144 e. The molecule has 0 radical (unpaired) electrons. The molecule has 8 heteroatoms. The normalized spacial score (nSPS) is 14.7. The number of hydrogen-bond acceptors (Lipinski definition) is 8. The van der Waals surface area contributed by atoms with Crippen molar-refractivity contribution in [2.75, 3.05) is 33.4 Å². The van der Waals surface area contributed by atoms with Gasteiger partial charge in [-0.05, 0) is 18.2 Å². The maximum absolute atomic E-state index is 5.49. The number of ether oxygens (including phenoxy) is 2. The average Bonchev–Trinajstić information content (AvgIpc) is 3.32. The van der Waals surface area contributed by atoms with Crippen molar-refractivity contribution >= 4 is 34.0 Å². The number of morpholine rings is 1. The largest absolute Gasteiger partial charge is 0.496 e. The van der Waals surface area contributed by atoms with Gasteiger partial charge >= 0.3 is 0 Å². The van der Waals surface area contributed by atoms with E-state index in [4.69, 9.17) is 24.4 Å². The van der Waals surface area contributed by atoms with E-state index in [0.29, 0.717) is 0 Å². The molecule has 0 amide bonds. The van der Waals surface area contributed by atoms with Gasteiger partial charge in [-0.15, -0.1) is 11.3 Å². The Morgan fingerprint density at radius 2 is 1.84 bits per heavy atom. The second-order valence-electron chi connectivity index (χ2n) is 7.48. The van der Waals surface area contributed by atoms with E-state index in [0.717, 1.165) is 82.4 Å². The molecule has 1 aliphatic rings. The number of thiazole rings is 1. The Labute approximate surface area is 195 Å². The summed E-state index contributed by atoms with van der Waals surface area (Å²) in [5, 5.41) is 5.18. The molecule has 0 unspecified atom stereocenters. The lowest BCUT2D eigenvalue weighted by atomic mass is 10.2. The summed E-state index contributed by atoms with van der Waals surface area (Å²) in [6.45, 7) is 4.13. The van der Waals surface area contributed by atoms with Gasteiger partial charge in [-0.25, -0.2) is 15.0 Å². The third-order valence-electron chi connectivity index (χ3n) is 5.33. The molecule has 164 valence electrons. The van der Waals surface area contributed by atoms with Gasteiger partial charge in [0.25, 0.3) is 0 Å². The molecule has 1 aliphatic heterocycles. The van der Waals surface area contributed by atoms with E-state index >= 15 is 0 Å². The third-order valence-corrected chi connectivity index (χ3v) is 7.28. The minimum Gasteiger partial charge on any atom is -0.496 e. The number of fused-ring (bicyclic) bond motifs is 1. The van der Waals surface area contributed by atoms with Crippen molar-refractivity contribution in [3.63, 3.8) is 0 Å². The van der Waals surface area contributed by atoms with Crippen LogP contribution < -0.4 is 4.74 Å². The van der Waals surface area contributed by atoms with Crippen LogP contribution in [-0.4, -0.2) is 53.3 Å². The van der Waals surface area contributed by atoms with Crippen LogP contribution in [0.5, 0.6) is 5.75 Å². The van der Waals surface area contributed by atoms with Crippen molar-refractivity contribution in [3.8, 4) is 16.3 Å². The monoisotopic (exact) mass is 464 g/mol. The molecule has 4 aromatic rings. The second-order valence-corrected chi connectivity index (χ2v) is 9.31. The van der Waals surface area contributed by atoms with E-state index in [1.54, 1.807) is 30.2 Å². The smallest absolute Gasteiger partial charge is 0.144 e. The van der Waals surface area contributed by atoms with E-state index in [-0.39, 0.29) is 0 Å². The van der Waals surface area contributed by atoms with E-state index in [9.17, 15) is 0 Å². The van der Waals surface area contributed by atoms with Crippen LogP contribution in [0.3, 0.4) is 0 Å². The summed E-state index contributed by atoms with van der Waals surface area (Å²) < 4.78 is 11.0. The van der Waals surface area contributed by atoms with Crippen LogP contribution in [0.15, 0.2) is 58.9 Å². The van der Waals surface area contributed by atoms with E-state index < -0.39 is 0 Å². The Morgan fingerprint density at radius 3 is 2.72 bits per heavy atom. The van der Waals surface area contributed by atoms with Crippen LogP contribution in [0.25, 0.3) is 21.5 Å².